The minimum absolute atomic E-state index is 0.0509. The number of furan rings is 1. The zero-order chi connectivity index (χ0) is 17.3. The third-order valence-corrected chi connectivity index (χ3v) is 5.55. The number of hydrogen-bond acceptors (Lipinski definition) is 4. The normalized spacial score (nSPS) is 26.2. The highest BCUT2D eigenvalue weighted by molar-refractivity contribution is 6.04. The number of carbonyl (C=O) groups is 2. The lowest BCUT2D eigenvalue weighted by Gasteiger charge is -2.24. The molecule has 2 unspecified atom stereocenters. The first kappa shape index (κ1) is 17.0. The first-order valence-electron chi connectivity index (χ1n) is 9.00. The lowest BCUT2D eigenvalue weighted by atomic mass is 9.79. The fourth-order valence-corrected chi connectivity index (χ4v) is 4.28. The highest BCUT2D eigenvalue weighted by Gasteiger charge is 2.54. The van der Waals surface area contributed by atoms with Crippen LogP contribution >= 0.6 is 0 Å². The molecule has 1 aromatic rings. The Labute approximate surface area is 143 Å². The summed E-state index contributed by atoms with van der Waals surface area (Å²) in [6.07, 6.45) is 7.40. The van der Waals surface area contributed by atoms with Crippen molar-refractivity contribution < 1.29 is 18.7 Å². The van der Waals surface area contributed by atoms with Gasteiger partial charge in [-0.3, -0.25) is 9.59 Å². The number of rotatable bonds is 5. The molecule has 2 aliphatic rings. The Bertz CT molecular complexity index is 669. The molecular formula is C20H26O4. The van der Waals surface area contributed by atoms with Gasteiger partial charge in [-0.15, -0.1) is 0 Å². The Morgan fingerprint density at radius 1 is 1.33 bits per heavy atom. The molecule has 3 rings (SSSR count). The summed E-state index contributed by atoms with van der Waals surface area (Å²) in [7, 11) is 0. The van der Waals surface area contributed by atoms with Crippen molar-refractivity contribution in [2.24, 2.45) is 5.41 Å². The standard InChI is InChI=1S/C20H26O4/c1-4-17(21)20(19(22)23-5-2)10-13(3)16(11-20)18-15-9-7-6-8-14(15)12-24-18/h12,16H,3-11H2,1-2H3. The molecule has 0 radical (unpaired) electrons. The van der Waals surface area contributed by atoms with Gasteiger partial charge in [-0.2, -0.15) is 0 Å². The van der Waals surface area contributed by atoms with E-state index in [1.807, 2.05) is 6.26 Å². The minimum atomic E-state index is -1.08. The first-order valence-corrected chi connectivity index (χ1v) is 9.00. The maximum Gasteiger partial charge on any atom is 0.319 e. The van der Waals surface area contributed by atoms with Crippen LogP contribution in [0.2, 0.25) is 0 Å². The molecule has 1 aromatic heterocycles. The molecule has 130 valence electrons. The van der Waals surface area contributed by atoms with Crippen LogP contribution in [-0.2, 0) is 27.2 Å². The summed E-state index contributed by atoms with van der Waals surface area (Å²) in [4.78, 5) is 25.2. The average molecular weight is 330 g/mol. The summed E-state index contributed by atoms with van der Waals surface area (Å²) in [5.41, 5.74) is 2.38. The van der Waals surface area contributed by atoms with Gasteiger partial charge in [0.05, 0.1) is 12.9 Å². The van der Waals surface area contributed by atoms with E-state index in [0.29, 0.717) is 19.3 Å². The summed E-state index contributed by atoms with van der Waals surface area (Å²) in [5, 5.41) is 0. The van der Waals surface area contributed by atoms with Gasteiger partial charge < -0.3 is 9.15 Å². The van der Waals surface area contributed by atoms with Gasteiger partial charge in [-0.05, 0) is 56.6 Å². The van der Waals surface area contributed by atoms with Crippen LogP contribution in [0.1, 0.15) is 68.8 Å². The number of allylic oxidation sites excluding steroid dienone is 1. The van der Waals surface area contributed by atoms with Crippen LogP contribution in [0.25, 0.3) is 0 Å². The van der Waals surface area contributed by atoms with E-state index in [0.717, 1.165) is 30.6 Å². The van der Waals surface area contributed by atoms with Crippen molar-refractivity contribution in [3.63, 3.8) is 0 Å². The number of aryl methyl sites for hydroxylation is 1. The lowest BCUT2D eigenvalue weighted by molar-refractivity contribution is -0.159. The zero-order valence-corrected chi connectivity index (χ0v) is 14.7. The molecule has 0 bridgehead atoms. The Morgan fingerprint density at radius 3 is 2.79 bits per heavy atom. The van der Waals surface area contributed by atoms with Crippen LogP contribution in [0, 0.1) is 5.41 Å². The molecule has 2 aliphatic carbocycles. The predicted octanol–water partition coefficient (Wildman–Crippen LogP) is 4.12. The molecular weight excluding hydrogens is 304 g/mol. The maximum atomic E-state index is 12.6. The van der Waals surface area contributed by atoms with Gasteiger partial charge >= 0.3 is 5.97 Å². The van der Waals surface area contributed by atoms with Crippen LogP contribution in [0.15, 0.2) is 22.8 Å². The minimum Gasteiger partial charge on any atom is -0.468 e. The molecule has 1 heterocycles. The van der Waals surface area contributed by atoms with Gasteiger partial charge in [-0.1, -0.05) is 19.1 Å². The Morgan fingerprint density at radius 2 is 2.08 bits per heavy atom. The van der Waals surface area contributed by atoms with E-state index in [1.165, 1.54) is 17.5 Å². The van der Waals surface area contributed by atoms with Gasteiger partial charge in [0.2, 0.25) is 0 Å². The Hall–Kier alpha value is -1.84. The fraction of sp³-hybridized carbons (Fsp3) is 0.600. The second kappa shape index (κ2) is 6.58. The maximum absolute atomic E-state index is 12.6. The van der Waals surface area contributed by atoms with Crippen molar-refractivity contribution >= 4 is 11.8 Å². The van der Waals surface area contributed by atoms with E-state index >= 15 is 0 Å². The number of carbonyl (C=O) groups excluding carboxylic acids is 2. The van der Waals surface area contributed by atoms with Crippen LogP contribution < -0.4 is 0 Å². The third-order valence-electron chi connectivity index (χ3n) is 5.55. The number of hydrogen-bond donors (Lipinski definition) is 0. The molecule has 1 saturated carbocycles. The van der Waals surface area contributed by atoms with E-state index < -0.39 is 11.4 Å². The second-order valence-corrected chi connectivity index (χ2v) is 6.98. The monoisotopic (exact) mass is 330 g/mol. The third kappa shape index (κ3) is 2.62. The summed E-state index contributed by atoms with van der Waals surface area (Å²) < 4.78 is 11.1. The smallest absolute Gasteiger partial charge is 0.319 e. The SMILES string of the molecule is C=C1CC(C(=O)CC)(C(=O)OCC)CC1c1occ2c1CCCC2. The molecule has 0 aromatic carbocycles. The number of fused-ring (bicyclic) bond motifs is 1. The number of ether oxygens (including phenoxy) is 1. The highest BCUT2D eigenvalue weighted by Crippen LogP contribution is 2.52. The fourth-order valence-electron chi connectivity index (χ4n) is 4.28. The van der Waals surface area contributed by atoms with Crippen LogP contribution in [0.5, 0.6) is 0 Å². The molecule has 24 heavy (non-hydrogen) atoms. The summed E-state index contributed by atoms with van der Waals surface area (Å²) in [5.74, 6) is 0.405. The summed E-state index contributed by atoms with van der Waals surface area (Å²) >= 11 is 0. The second-order valence-electron chi connectivity index (χ2n) is 6.98. The van der Waals surface area contributed by atoms with Crippen LogP contribution in [0.4, 0.5) is 0 Å². The van der Waals surface area contributed by atoms with E-state index in [-0.39, 0.29) is 18.3 Å². The molecule has 4 nitrogen and oxygen atoms in total. The van der Waals surface area contributed by atoms with Crippen LogP contribution in [-0.4, -0.2) is 18.4 Å². The van der Waals surface area contributed by atoms with Crippen molar-refractivity contribution in [2.75, 3.05) is 6.61 Å². The highest BCUT2D eigenvalue weighted by atomic mass is 16.5. The topological polar surface area (TPSA) is 56.5 Å². The first-order chi connectivity index (χ1) is 11.5. The molecule has 0 aliphatic heterocycles. The molecule has 0 saturated heterocycles. The van der Waals surface area contributed by atoms with E-state index in [1.54, 1.807) is 13.8 Å². The van der Waals surface area contributed by atoms with E-state index in [2.05, 4.69) is 6.58 Å². The van der Waals surface area contributed by atoms with Crippen molar-refractivity contribution in [1.82, 2.24) is 0 Å². The quantitative estimate of drug-likeness (QED) is 0.463. The van der Waals surface area contributed by atoms with Crippen molar-refractivity contribution in [1.29, 1.82) is 0 Å². The van der Waals surface area contributed by atoms with Gasteiger partial charge in [0.15, 0.2) is 0 Å². The molecule has 0 spiro atoms. The molecule has 4 heteroatoms. The van der Waals surface area contributed by atoms with Gasteiger partial charge in [0.1, 0.15) is 17.0 Å². The van der Waals surface area contributed by atoms with Crippen molar-refractivity contribution in [3.8, 4) is 0 Å². The lowest BCUT2D eigenvalue weighted by Crippen LogP contribution is -2.38. The molecule has 0 N–H and O–H groups in total. The average Bonchev–Trinajstić information content (AvgIpc) is 3.16. The van der Waals surface area contributed by atoms with Gasteiger partial charge in [0.25, 0.3) is 0 Å². The van der Waals surface area contributed by atoms with E-state index in [4.69, 9.17) is 9.15 Å². The van der Waals surface area contributed by atoms with Crippen molar-refractivity contribution in [2.45, 2.75) is 64.7 Å². The number of esters is 1. The largest absolute Gasteiger partial charge is 0.468 e. The van der Waals surface area contributed by atoms with Gasteiger partial charge in [0, 0.05) is 12.3 Å². The summed E-state index contributed by atoms with van der Waals surface area (Å²) in [6.45, 7) is 8.03. The molecule has 2 atom stereocenters. The summed E-state index contributed by atoms with van der Waals surface area (Å²) in [6, 6.07) is 0. The molecule has 0 amide bonds. The Balaban J connectivity index is 1.95. The van der Waals surface area contributed by atoms with Gasteiger partial charge in [-0.25, -0.2) is 0 Å². The van der Waals surface area contributed by atoms with Crippen LogP contribution in [0.3, 0.4) is 0 Å². The zero-order valence-electron chi connectivity index (χ0n) is 14.7. The predicted molar refractivity (Wildman–Crippen MR) is 90.8 cm³/mol. The Kier molecular flexibility index (Phi) is 4.66. The molecule has 1 fully saturated rings. The van der Waals surface area contributed by atoms with Crippen molar-refractivity contribution in [3.05, 3.63) is 35.3 Å². The number of ketones is 1. The number of Topliss-reactive ketones (excluding diaryl/α,β-unsaturated/α-hetero) is 1. The van der Waals surface area contributed by atoms with E-state index in [9.17, 15) is 9.59 Å².